The van der Waals surface area contributed by atoms with Gasteiger partial charge in [-0.15, -0.1) is 0 Å². The lowest BCUT2D eigenvalue weighted by molar-refractivity contribution is -0.128. The maximum Gasteiger partial charge on any atom is 0.243 e. The molecule has 2 rings (SSSR count). The molecule has 1 aliphatic carbocycles. The molecular formula is C18H27N3O2. The van der Waals surface area contributed by atoms with Crippen LogP contribution in [0.4, 0.5) is 5.69 Å². The van der Waals surface area contributed by atoms with Crippen LogP contribution in [0, 0.1) is 26.7 Å². The van der Waals surface area contributed by atoms with E-state index >= 15 is 0 Å². The maximum absolute atomic E-state index is 12.1. The minimum absolute atomic E-state index is 0.00265. The van der Waals surface area contributed by atoms with Gasteiger partial charge in [0.2, 0.25) is 11.8 Å². The Morgan fingerprint density at radius 3 is 2.43 bits per heavy atom. The summed E-state index contributed by atoms with van der Waals surface area (Å²) in [5.74, 6) is -0.324. The highest BCUT2D eigenvalue weighted by atomic mass is 16.2. The number of carbonyl (C=O) groups excluding carboxylic acids is 2. The van der Waals surface area contributed by atoms with Crippen LogP contribution in [0.3, 0.4) is 0 Å². The molecule has 0 radical (unpaired) electrons. The molecule has 0 heterocycles. The van der Waals surface area contributed by atoms with E-state index in [1.165, 1.54) is 5.56 Å². The minimum Gasteiger partial charge on any atom is -0.347 e. The van der Waals surface area contributed by atoms with Crippen LogP contribution in [0.1, 0.15) is 42.4 Å². The van der Waals surface area contributed by atoms with E-state index < -0.39 is 0 Å². The highest BCUT2D eigenvalue weighted by Crippen LogP contribution is 2.23. The number of amides is 2. The summed E-state index contributed by atoms with van der Waals surface area (Å²) in [5.41, 5.74) is 9.96. The van der Waals surface area contributed by atoms with E-state index in [4.69, 9.17) is 5.73 Å². The fourth-order valence-corrected chi connectivity index (χ4v) is 3.34. The zero-order chi connectivity index (χ0) is 17.0. The Kier molecular flexibility index (Phi) is 5.77. The molecular weight excluding hydrogens is 290 g/mol. The Labute approximate surface area is 138 Å². The zero-order valence-corrected chi connectivity index (χ0v) is 14.2. The molecule has 126 valence electrons. The molecule has 1 fully saturated rings. The number of hydrogen-bond acceptors (Lipinski definition) is 3. The Bertz CT molecular complexity index is 575. The molecule has 23 heavy (non-hydrogen) atoms. The Balaban J connectivity index is 1.87. The summed E-state index contributed by atoms with van der Waals surface area (Å²) in [4.78, 5) is 24.2. The molecule has 1 saturated carbocycles. The summed E-state index contributed by atoms with van der Waals surface area (Å²) in [6.45, 7) is 5.97. The van der Waals surface area contributed by atoms with Crippen molar-refractivity contribution in [2.24, 2.45) is 11.7 Å². The Hall–Kier alpha value is -1.88. The number of hydrogen-bond donors (Lipinski definition) is 3. The van der Waals surface area contributed by atoms with Gasteiger partial charge in [-0.3, -0.25) is 9.59 Å². The lowest BCUT2D eigenvalue weighted by atomic mass is 9.85. The first-order valence-corrected chi connectivity index (χ1v) is 8.28. The van der Waals surface area contributed by atoms with Gasteiger partial charge in [0, 0.05) is 17.6 Å². The van der Waals surface area contributed by atoms with Gasteiger partial charge >= 0.3 is 0 Å². The molecule has 2 amide bonds. The maximum atomic E-state index is 12.1. The molecule has 5 heteroatoms. The van der Waals surface area contributed by atoms with E-state index in [0.717, 1.165) is 36.1 Å². The standard InChI is InChI=1S/C18H27N3O2/c1-11-7-12(2)17(13(3)8-11)21-16(22)10-20-18(23)14-5-4-6-15(19)9-14/h7-8,14-15H,4-6,9-10,19H2,1-3H3,(H,20,23)(H,21,22). The van der Waals surface area contributed by atoms with Gasteiger partial charge < -0.3 is 16.4 Å². The second-order valence-corrected chi connectivity index (χ2v) is 6.66. The fourth-order valence-electron chi connectivity index (χ4n) is 3.34. The quantitative estimate of drug-likeness (QED) is 0.796. The van der Waals surface area contributed by atoms with Crippen LogP contribution >= 0.6 is 0 Å². The lowest BCUT2D eigenvalue weighted by Gasteiger charge is -2.25. The van der Waals surface area contributed by atoms with Crippen molar-refractivity contribution < 1.29 is 9.59 Å². The van der Waals surface area contributed by atoms with Crippen LogP contribution in [-0.2, 0) is 9.59 Å². The monoisotopic (exact) mass is 317 g/mol. The number of benzene rings is 1. The van der Waals surface area contributed by atoms with Crippen molar-refractivity contribution in [1.29, 1.82) is 0 Å². The van der Waals surface area contributed by atoms with E-state index in [1.807, 2.05) is 32.9 Å². The molecule has 0 spiro atoms. The van der Waals surface area contributed by atoms with Crippen LogP contribution in [0.2, 0.25) is 0 Å². The third-order valence-corrected chi connectivity index (χ3v) is 4.45. The Morgan fingerprint density at radius 2 is 1.83 bits per heavy atom. The third-order valence-electron chi connectivity index (χ3n) is 4.45. The molecule has 2 atom stereocenters. The number of carbonyl (C=O) groups is 2. The van der Waals surface area contributed by atoms with E-state index in [-0.39, 0.29) is 30.3 Å². The molecule has 1 aromatic rings. The van der Waals surface area contributed by atoms with Gasteiger partial charge in [-0.25, -0.2) is 0 Å². The molecule has 2 unspecified atom stereocenters. The number of nitrogens with one attached hydrogen (secondary N) is 2. The summed E-state index contributed by atoms with van der Waals surface area (Å²) in [7, 11) is 0. The predicted molar refractivity (Wildman–Crippen MR) is 92.2 cm³/mol. The zero-order valence-electron chi connectivity index (χ0n) is 14.2. The van der Waals surface area contributed by atoms with Gasteiger partial charge in [0.1, 0.15) is 0 Å². The van der Waals surface area contributed by atoms with E-state index in [9.17, 15) is 9.59 Å². The van der Waals surface area contributed by atoms with Gasteiger partial charge in [-0.05, 0) is 51.2 Å². The third kappa shape index (κ3) is 4.79. The fraction of sp³-hybridized carbons (Fsp3) is 0.556. The number of rotatable bonds is 4. The number of aryl methyl sites for hydroxylation is 3. The molecule has 0 aliphatic heterocycles. The van der Waals surface area contributed by atoms with Crippen LogP contribution in [0.5, 0.6) is 0 Å². The molecule has 1 aliphatic rings. The first-order chi connectivity index (χ1) is 10.9. The molecule has 0 bridgehead atoms. The van der Waals surface area contributed by atoms with Crippen molar-refractivity contribution in [3.05, 3.63) is 28.8 Å². The SMILES string of the molecule is Cc1cc(C)c(NC(=O)CNC(=O)C2CCCC(N)C2)c(C)c1. The molecule has 0 saturated heterocycles. The van der Waals surface area contributed by atoms with Crippen molar-refractivity contribution in [1.82, 2.24) is 5.32 Å². The second kappa shape index (κ2) is 7.59. The van der Waals surface area contributed by atoms with Gasteiger partial charge in [0.15, 0.2) is 0 Å². The number of anilines is 1. The molecule has 0 aromatic heterocycles. The van der Waals surface area contributed by atoms with Crippen LogP contribution in [0.15, 0.2) is 12.1 Å². The molecule has 5 nitrogen and oxygen atoms in total. The van der Waals surface area contributed by atoms with Crippen molar-refractivity contribution in [3.8, 4) is 0 Å². The number of nitrogens with two attached hydrogens (primary N) is 1. The highest BCUT2D eigenvalue weighted by Gasteiger charge is 2.25. The van der Waals surface area contributed by atoms with Crippen molar-refractivity contribution in [2.75, 3.05) is 11.9 Å². The van der Waals surface area contributed by atoms with E-state index in [1.54, 1.807) is 0 Å². The van der Waals surface area contributed by atoms with Gasteiger partial charge in [-0.2, -0.15) is 0 Å². The summed E-state index contributed by atoms with van der Waals surface area (Å²) >= 11 is 0. The summed E-state index contributed by atoms with van der Waals surface area (Å²) in [5, 5.41) is 5.63. The van der Waals surface area contributed by atoms with E-state index in [2.05, 4.69) is 10.6 Å². The average molecular weight is 317 g/mol. The predicted octanol–water partition coefficient (Wildman–Crippen LogP) is 2.18. The van der Waals surface area contributed by atoms with Gasteiger partial charge in [0.25, 0.3) is 0 Å². The normalized spacial score (nSPS) is 20.9. The summed E-state index contributed by atoms with van der Waals surface area (Å²) in [6, 6.07) is 4.17. The van der Waals surface area contributed by atoms with Crippen molar-refractivity contribution in [3.63, 3.8) is 0 Å². The highest BCUT2D eigenvalue weighted by molar-refractivity contribution is 5.96. The second-order valence-electron chi connectivity index (χ2n) is 6.66. The molecule has 1 aromatic carbocycles. The smallest absolute Gasteiger partial charge is 0.243 e. The summed E-state index contributed by atoms with van der Waals surface area (Å²) in [6.07, 6.45) is 3.53. The Morgan fingerprint density at radius 1 is 1.17 bits per heavy atom. The van der Waals surface area contributed by atoms with Crippen molar-refractivity contribution in [2.45, 2.75) is 52.5 Å². The average Bonchev–Trinajstić information content (AvgIpc) is 2.48. The largest absolute Gasteiger partial charge is 0.347 e. The topological polar surface area (TPSA) is 84.2 Å². The van der Waals surface area contributed by atoms with Crippen LogP contribution in [-0.4, -0.2) is 24.4 Å². The molecule has 4 N–H and O–H groups in total. The van der Waals surface area contributed by atoms with Gasteiger partial charge in [-0.1, -0.05) is 24.1 Å². The van der Waals surface area contributed by atoms with E-state index in [0.29, 0.717) is 6.42 Å². The lowest BCUT2D eigenvalue weighted by Crippen LogP contribution is -2.40. The summed E-state index contributed by atoms with van der Waals surface area (Å²) < 4.78 is 0. The minimum atomic E-state index is -0.200. The van der Waals surface area contributed by atoms with Crippen molar-refractivity contribution >= 4 is 17.5 Å². The van der Waals surface area contributed by atoms with Crippen LogP contribution in [0.25, 0.3) is 0 Å². The van der Waals surface area contributed by atoms with Gasteiger partial charge in [0.05, 0.1) is 6.54 Å². The van der Waals surface area contributed by atoms with Crippen LogP contribution < -0.4 is 16.4 Å². The first kappa shape index (κ1) is 17.5. The first-order valence-electron chi connectivity index (χ1n) is 8.28.